The van der Waals surface area contributed by atoms with Gasteiger partial charge in [-0.2, -0.15) is 13.2 Å². The van der Waals surface area contributed by atoms with E-state index in [2.05, 4.69) is 4.98 Å². The van der Waals surface area contributed by atoms with Crippen molar-refractivity contribution in [3.8, 4) is 11.4 Å². The summed E-state index contributed by atoms with van der Waals surface area (Å²) in [6.07, 6.45) is -4.62. The van der Waals surface area contributed by atoms with Crippen LogP contribution in [0.15, 0.2) is 42.5 Å². The summed E-state index contributed by atoms with van der Waals surface area (Å²) in [5.41, 5.74) is 0.880. The highest BCUT2D eigenvalue weighted by Gasteiger charge is 2.31. The van der Waals surface area contributed by atoms with Crippen molar-refractivity contribution in [3.05, 3.63) is 53.9 Å². The molecule has 0 saturated carbocycles. The second-order valence-electron chi connectivity index (χ2n) is 6.42. The van der Waals surface area contributed by atoms with E-state index in [1.54, 1.807) is 38.1 Å². The molecule has 0 saturated heterocycles. The van der Waals surface area contributed by atoms with Crippen molar-refractivity contribution in [3.63, 3.8) is 0 Å². The van der Waals surface area contributed by atoms with E-state index in [1.165, 1.54) is 6.07 Å². The highest BCUT2D eigenvalue weighted by atomic mass is 19.4. The molecule has 0 fully saturated rings. The van der Waals surface area contributed by atoms with Crippen LogP contribution in [0.3, 0.4) is 0 Å². The van der Waals surface area contributed by atoms with Crippen LogP contribution < -0.4 is 4.74 Å². The van der Waals surface area contributed by atoms with Crippen LogP contribution in [0.4, 0.5) is 13.2 Å². The largest absolute Gasteiger partial charge is 0.479 e. The number of nitrogens with zero attached hydrogens (tertiary/aromatic N) is 2. The Hall–Kier alpha value is -3.03. The van der Waals surface area contributed by atoms with Crippen molar-refractivity contribution in [2.75, 3.05) is 6.61 Å². The zero-order valence-corrected chi connectivity index (χ0v) is 16.3. The van der Waals surface area contributed by atoms with E-state index >= 15 is 0 Å². The molecule has 0 aliphatic heterocycles. The summed E-state index contributed by atoms with van der Waals surface area (Å²) in [4.78, 5) is 16.1. The lowest BCUT2D eigenvalue weighted by atomic mass is 10.2. The Morgan fingerprint density at radius 3 is 2.41 bits per heavy atom. The third kappa shape index (κ3) is 4.36. The van der Waals surface area contributed by atoms with Crippen molar-refractivity contribution in [2.45, 2.75) is 39.5 Å². The van der Waals surface area contributed by atoms with E-state index in [0.717, 1.165) is 17.8 Å². The van der Waals surface area contributed by atoms with Gasteiger partial charge < -0.3 is 9.47 Å². The van der Waals surface area contributed by atoms with Gasteiger partial charge in [0.15, 0.2) is 6.10 Å². The van der Waals surface area contributed by atoms with Crippen molar-refractivity contribution < 1.29 is 27.4 Å². The van der Waals surface area contributed by atoms with Gasteiger partial charge in [-0.15, -0.1) is 0 Å². The smallest absolute Gasteiger partial charge is 0.416 e. The minimum absolute atomic E-state index is 0.273. The van der Waals surface area contributed by atoms with Gasteiger partial charge in [-0.1, -0.05) is 6.92 Å². The highest BCUT2D eigenvalue weighted by Crippen LogP contribution is 2.32. The fraction of sp³-hybridized carbons (Fsp3) is 0.333. The van der Waals surface area contributed by atoms with Gasteiger partial charge in [0.25, 0.3) is 0 Å². The van der Waals surface area contributed by atoms with Crippen molar-refractivity contribution in [1.29, 1.82) is 0 Å². The van der Waals surface area contributed by atoms with Gasteiger partial charge in [0.1, 0.15) is 11.6 Å². The van der Waals surface area contributed by atoms with Crippen LogP contribution in [0.1, 0.15) is 32.2 Å². The normalized spacial score (nSPS) is 12.8. The van der Waals surface area contributed by atoms with Gasteiger partial charge in [0, 0.05) is 12.1 Å². The lowest BCUT2D eigenvalue weighted by Crippen LogP contribution is -2.26. The number of halogens is 3. The zero-order valence-electron chi connectivity index (χ0n) is 16.3. The van der Waals surface area contributed by atoms with Crippen molar-refractivity contribution in [1.82, 2.24) is 9.55 Å². The Labute approximate surface area is 166 Å². The number of hydrogen-bond acceptors (Lipinski definition) is 4. The predicted octanol–water partition coefficient (Wildman–Crippen LogP) is 4.94. The molecule has 3 aromatic rings. The van der Waals surface area contributed by atoms with Crippen molar-refractivity contribution in [2.24, 2.45) is 0 Å². The van der Waals surface area contributed by atoms with Gasteiger partial charge in [0.2, 0.25) is 0 Å². The number of hydrogen-bond donors (Lipinski definition) is 0. The van der Waals surface area contributed by atoms with Crippen LogP contribution in [0, 0.1) is 0 Å². The number of fused-ring (bicyclic) bond motifs is 1. The molecular formula is C21H21F3N2O3. The van der Waals surface area contributed by atoms with Crippen LogP contribution >= 0.6 is 0 Å². The molecular weight excluding hydrogens is 385 g/mol. The van der Waals surface area contributed by atoms with Gasteiger partial charge in [-0.25, -0.2) is 9.78 Å². The topological polar surface area (TPSA) is 53.4 Å². The second kappa shape index (κ2) is 8.14. The molecule has 1 atom stereocenters. The number of imidazole rings is 1. The molecule has 0 bridgehead atoms. The maximum absolute atomic E-state index is 13.0. The number of benzene rings is 2. The minimum atomic E-state index is -4.42. The molecule has 1 heterocycles. The number of esters is 1. The molecule has 5 nitrogen and oxygen atoms in total. The maximum Gasteiger partial charge on any atom is 0.416 e. The lowest BCUT2D eigenvalue weighted by molar-refractivity contribution is -0.150. The van der Waals surface area contributed by atoms with Gasteiger partial charge >= 0.3 is 12.1 Å². The van der Waals surface area contributed by atoms with E-state index in [-0.39, 0.29) is 12.1 Å². The van der Waals surface area contributed by atoms with Crippen LogP contribution in [0.2, 0.25) is 0 Å². The molecule has 0 spiro atoms. The molecule has 2 aromatic carbocycles. The summed E-state index contributed by atoms with van der Waals surface area (Å²) in [5.74, 6) is 0.676. The standard InChI is InChI=1S/C21H21F3N2O3/c1-4-19-25-17-12-14(21(22,23)24)6-11-18(17)26(19)15-7-9-16(10-8-15)29-13(3)20(27)28-5-2/h6-13H,4-5H2,1-3H3. The molecule has 0 radical (unpaired) electrons. The van der Waals surface area contributed by atoms with E-state index in [4.69, 9.17) is 9.47 Å². The summed E-state index contributed by atoms with van der Waals surface area (Å²) in [7, 11) is 0. The average Bonchev–Trinajstić information content (AvgIpc) is 3.06. The third-order valence-electron chi connectivity index (χ3n) is 4.39. The monoisotopic (exact) mass is 406 g/mol. The van der Waals surface area contributed by atoms with E-state index in [9.17, 15) is 18.0 Å². The first-order chi connectivity index (χ1) is 13.7. The average molecular weight is 406 g/mol. The Bertz CT molecular complexity index is 1010. The zero-order chi connectivity index (χ0) is 21.2. The van der Waals surface area contributed by atoms with Crippen LogP contribution in [-0.2, 0) is 22.1 Å². The van der Waals surface area contributed by atoms with Crippen LogP contribution in [0.5, 0.6) is 5.75 Å². The summed E-state index contributed by atoms with van der Waals surface area (Å²) in [5, 5.41) is 0. The molecule has 0 aliphatic carbocycles. The number of carbonyl (C=O) groups is 1. The number of rotatable bonds is 6. The third-order valence-corrected chi connectivity index (χ3v) is 4.39. The number of alkyl halides is 3. The number of aromatic nitrogens is 2. The number of aryl methyl sites for hydroxylation is 1. The van der Waals surface area contributed by atoms with Crippen molar-refractivity contribution >= 4 is 17.0 Å². The van der Waals surface area contributed by atoms with Gasteiger partial charge in [-0.05, 0) is 56.3 Å². The fourth-order valence-electron chi connectivity index (χ4n) is 3.02. The lowest BCUT2D eigenvalue weighted by Gasteiger charge is -2.14. The summed E-state index contributed by atoms with van der Waals surface area (Å²) in [6.45, 7) is 5.48. The molecule has 154 valence electrons. The molecule has 29 heavy (non-hydrogen) atoms. The summed E-state index contributed by atoms with van der Waals surface area (Å²) >= 11 is 0. The molecule has 1 aromatic heterocycles. The SMILES string of the molecule is CCOC(=O)C(C)Oc1ccc(-n2c(CC)nc3cc(C(F)(F)F)ccc32)cc1. The first-order valence-electron chi connectivity index (χ1n) is 9.26. The van der Waals surface area contributed by atoms with Gasteiger partial charge in [0.05, 0.1) is 23.2 Å². The van der Waals surface area contributed by atoms with Crippen LogP contribution in [-0.4, -0.2) is 28.2 Å². The van der Waals surface area contributed by atoms with Crippen LogP contribution in [0.25, 0.3) is 16.7 Å². The molecule has 8 heteroatoms. The molecule has 1 unspecified atom stereocenters. The van der Waals surface area contributed by atoms with E-state index in [0.29, 0.717) is 23.5 Å². The van der Waals surface area contributed by atoms with E-state index < -0.39 is 23.8 Å². The Kier molecular flexibility index (Phi) is 5.81. The molecule has 0 amide bonds. The second-order valence-corrected chi connectivity index (χ2v) is 6.42. The van der Waals surface area contributed by atoms with E-state index in [1.807, 2.05) is 11.5 Å². The predicted molar refractivity (Wildman–Crippen MR) is 102 cm³/mol. The highest BCUT2D eigenvalue weighted by molar-refractivity contribution is 5.79. The van der Waals surface area contributed by atoms with Gasteiger partial charge in [-0.3, -0.25) is 4.57 Å². The molecule has 3 rings (SSSR count). The minimum Gasteiger partial charge on any atom is -0.479 e. The Morgan fingerprint density at radius 2 is 1.83 bits per heavy atom. The quantitative estimate of drug-likeness (QED) is 0.545. The molecule has 0 N–H and O–H groups in total. The Balaban J connectivity index is 1.93. The molecule has 0 aliphatic rings. The first-order valence-corrected chi connectivity index (χ1v) is 9.26. The summed E-state index contributed by atoms with van der Waals surface area (Å²) < 4.78 is 51.3. The first kappa shape index (κ1) is 20.7. The maximum atomic E-state index is 13.0. The number of ether oxygens (including phenoxy) is 2. The Morgan fingerprint density at radius 1 is 1.14 bits per heavy atom. The fourth-order valence-corrected chi connectivity index (χ4v) is 3.02. The summed E-state index contributed by atoms with van der Waals surface area (Å²) in [6, 6.07) is 10.5. The number of carbonyl (C=O) groups excluding carboxylic acids is 1.